The second kappa shape index (κ2) is 3.40. The molecule has 0 amide bonds. The van der Waals surface area contributed by atoms with Crippen LogP contribution in [0.1, 0.15) is 41.3 Å². The van der Waals surface area contributed by atoms with Gasteiger partial charge in [0.1, 0.15) is 0 Å². The van der Waals surface area contributed by atoms with Gasteiger partial charge in [-0.1, -0.05) is 18.2 Å². The quantitative estimate of drug-likeness (QED) is 0.650. The molecular weight excluding hydrogens is 198 g/mol. The minimum absolute atomic E-state index is 0.0382. The van der Waals surface area contributed by atoms with Crippen LogP contribution in [0.3, 0.4) is 0 Å². The minimum atomic E-state index is -2.84. The van der Waals surface area contributed by atoms with Crippen molar-refractivity contribution in [3.8, 4) is 0 Å². The Kier molecular flexibility index (Phi) is 2.33. The molecule has 1 aromatic carbocycles. The van der Waals surface area contributed by atoms with Crippen molar-refractivity contribution in [2.75, 3.05) is 0 Å². The summed E-state index contributed by atoms with van der Waals surface area (Å²) in [4.78, 5) is 11.3. The molecule has 0 unspecified atom stereocenters. The number of alkyl halides is 2. The number of carbonyl (C=O) groups is 1. The maximum atomic E-state index is 13.7. The molecule has 0 N–H and O–H groups in total. The largest absolute Gasteiger partial charge is 0.294 e. The summed E-state index contributed by atoms with van der Waals surface area (Å²) in [6.07, 6.45) is 0.984. The maximum absolute atomic E-state index is 13.7. The van der Waals surface area contributed by atoms with Crippen molar-refractivity contribution in [3.05, 3.63) is 34.9 Å². The fraction of sp³-hybridized carbons (Fsp3) is 0.417. The van der Waals surface area contributed by atoms with Crippen LogP contribution in [-0.2, 0) is 12.3 Å². The summed E-state index contributed by atoms with van der Waals surface area (Å²) in [7, 11) is 0. The van der Waals surface area contributed by atoms with Crippen molar-refractivity contribution in [1.82, 2.24) is 0 Å². The molecule has 1 nitrogen and oxygen atoms in total. The Labute approximate surface area is 87.1 Å². The molecule has 3 heteroatoms. The Morgan fingerprint density at radius 2 is 2.13 bits per heavy atom. The third-order valence-corrected chi connectivity index (χ3v) is 2.83. The van der Waals surface area contributed by atoms with E-state index in [-0.39, 0.29) is 23.3 Å². The molecule has 0 spiro atoms. The summed E-state index contributed by atoms with van der Waals surface area (Å²) in [6, 6.07) is 4.85. The Hall–Kier alpha value is -1.25. The molecule has 1 aliphatic carbocycles. The van der Waals surface area contributed by atoms with Crippen molar-refractivity contribution in [3.63, 3.8) is 0 Å². The number of rotatable bonds is 1. The van der Waals surface area contributed by atoms with Crippen LogP contribution in [0.15, 0.2) is 18.2 Å². The number of hydrogen-bond donors (Lipinski definition) is 0. The molecule has 80 valence electrons. The number of ketones is 1. The summed E-state index contributed by atoms with van der Waals surface area (Å²) in [6.45, 7) is 1.33. The van der Waals surface area contributed by atoms with Crippen molar-refractivity contribution >= 4 is 5.78 Å². The van der Waals surface area contributed by atoms with E-state index >= 15 is 0 Å². The highest BCUT2D eigenvalue weighted by Crippen LogP contribution is 2.41. The average molecular weight is 210 g/mol. The fourth-order valence-corrected chi connectivity index (χ4v) is 2.16. The monoisotopic (exact) mass is 210 g/mol. The van der Waals surface area contributed by atoms with Crippen molar-refractivity contribution < 1.29 is 13.6 Å². The predicted octanol–water partition coefficient (Wildman–Crippen LogP) is 3.32. The molecule has 0 aromatic heterocycles. The number of Topliss-reactive ketones (excluding diaryl/α,β-unsaturated/α-hetero) is 1. The second-order valence-corrected chi connectivity index (χ2v) is 3.95. The first-order chi connectivity index (χ1) is 7.02. The molecule has 1 aliphatic rings. The lowest BCUT2D eigenvalue weighted by Crippen LogP contribution is -2.24. The number of fused-ring (bicyclic) bond motifs is 1. The van der Waals surface area contributed by atoms with Gasteiger partial charge in [-0.25, -0.2) is 8.78 Å². The highest BCUT2D eigenvalue weighted by molar-refractivity contribution is 5.96. The highest BCUT2D eigenvalue weighted by Gasteiger charge is 2.39. The summed E-state index contributed by atoms with van der Waals surface area (Å²) >= 11 is 0. The van der Waals surface area contributed by atoms with Crippen molar-refractivity contribution in [2.24, 2.45) is 0 Å². The molecule has 0 atom stereocenters. The first kappa shape index (κ1) is 10.3. The van der Waals surface area contributed by atoms with Crippen LogP contribution in [-0.4, -0.2) is 5.78 Å². The lowest BCUT2D eigenvalue weighted by Gasteiger charge is -2.26. The number of benzene rings is 1. The Bertz CT molecular complexity index is 410. The van der Waals surface area contributed by atoms with Crippen LogP contribution in [0, 0.1) is 0 Å². The van der Waals surface area contributed by atoms with Crippen LogP contribution in [0.2, 0.25) is 0 Å². The topological polar surface area (TPSA) is 17.1 Å². The van der Waals surface area contributed by atoms with Crippen molar-refractivity contribution in [2.45, 2.75) is 32.1 Å². The maximum Gasteiger partial charge on any atom is 0.274 e. The molecule has 0 heterocycles. The van der Waals surface area contributed by atoms with Gasteiger partial charge < -0.3 is 0 Å². The van der Waals surface area contributed by atoms with Gasteiger partial charge >= 0.3 is 0 Å². The zero-order valence-corrected chi connectivity index (χ0v) is 8.52. The van der Waals surface area contributed by atoms with E-state index in [0.29, 0.717) is 18.4 Å². The second-order valence-electron chi connectivity index (χ2n) is 3.95. The summed E-state index contributed by atoms with van der Waals surface area (Å²) in [5.41, 5.74) is 0.764. The standard InChI is InChI=1S/C12H12F2O/c1-8(15)10-6-2-4-9-5-3-7-12(13,14)11(9)10/h2,4,6H,3,5,7H2,1H3. The van der Waals surface area contributed by atoms with Gasteiger partial charge in [0, 0.05) is 17.5 Å². The zero-order chi connectivity index (χ0) is 11.1. The molecule has 0 radical (unpaired) electrons. The highest BCUT2D eigenvalue weighted by atomic mass is 19.3. The van der Waals surface area contributed by atoms with E-state index in [9.17, 15) is 13.6 Å². The molecule has 0 aliphatic heterocycles. The smallest absolute Gasteiger partial charge is 0.274 e. The Morgan fingerprint density at radius 3 is 2.80 bits per heavy atom. The SMILES string of the molecule is CC(=O)c1cccc2c1C(F)(F)CCC2. The van der Waals surface area contributed by atoms with Crippen molar-refractivity contribution in [1.29, 1.82) is 0 Å². The van der Waals surface area contributed by atoms with E-state index in [1.165, 1.54) is 13.0 Å². The molecule has 0 saturated heterocycles. The summed E-state index contributed by atoms with van der Waals surface area (Å²) in [5, 5.41) is 0. The van der Waals surface area contributed by atoms with Gasteiger partial charge in [0.15, 0.2) is 5.78 Å². The summed E-state index contributed by atoms with van der Waals surface area (Å²) in [5.74, 6) is -3.12. The van der Waals surface area contributed by atoms with Crippen LogP contribution >= 0.6 is 0 Å². The number of hydrogen-bond acceptors (Lipinski definition) is 1. The Morgan fingerprint density at radius 1 is 1.40 bits per heavy atom. The molecule has 2 rings (SSSR count). The lowest BCUT2D eigenvalue weighted by atomic mass is 9.84. The van der Waals surface area contributed by atoms with Gasteiger partial charge in [0.05, 0.1) is 0 Å². The lowest BCUT2D eigenvalue weighted by molar-refractivity contribution is -0.0223. The number of halogens is 2. The van der Waals surface area contributed by atoms with Crippen LogP contribution < -0.4 is 0 Å². The average Bonchev–Trinajstić information content (AvgIpc) is 2.16. The summed E-state index contributed by atoms with van der Waals surface area (Å²) < 4.78 is 27.3. The van der Waals surface area contributed by atoms with Gasteiger partial charge in [0.25, 0.3) is 5.92 Å². The van der Waals surface area contributed by atoms with Gasteiger partial charge in [0.2, 0.25) is 0 Å². The molecular formula is C12H12F2O. The van der Waals surface area contributed by atoms with Crippen LogP contribution in [0.25, 0.3) is 0 Å². The van der Waals surface area contributed by atoms with Gasteiger partial charge in [-0.05, 0) is 25.3 Å². The van der Waals surface area contributed by atoms with E-state index in [0.717, 1.165) is 0 Å². The number of carbonyl (C=O) groups excluding carboxylic acids is 1. The van der Waals surface area contributed by atoms with Gasteiger partial charge in [-0.2, -0.15) is 0 Å². The molecule has 0 fully saturated rings. The zero-order valence-electron chi connectivity index (χ0n) is 8.52. The number of aryl methyl sites for hydroxylation is 1. The minimum Gasteiger partial charge on any atom is -0.294 e. The van der Waals surface area contributed by atoms with E-state index < -0.39 is 5.92 Å². The Balaban J connectivity index is 2.65. The third kappa shape index (κ3) is 1.66. The van der Waals surface area contributed by atoms with Gasteiger partial charge in [-0.15, -0.1) is 0 Å². The van der Waals surface area contributed by atoms with Crippen LogP contribution in [0.4, 0.5) is 8.78 Å². The predicted molar refractivity (Wildman–Crippen MR) is 53.3 cm³/mol. The van der Waals surface area contributed by atoms with E-state index in [1.807, 2.05) is 0 Å². The first-order valence-corrected chi connectivity index (χ1v) is 5.03. The van der Waals surface area contributed by atoms with E-state index in [4.69, 9.17) is 0 Å². The van der Waals surface area contributed by atoms with Crippen LogP contribution in [0.5, 0.6) is 0 Å². The molecule has 0 saturated carbocycles. The molecule has 0 bridgehead atoms. The van der Waals surface area contributed by atoms with E-state index in [1.54, 1.807) is 12.1 Å². The van der Waals surface area contributed by atoms with E-state index in [2.05, 4.69) is 0 Å². The normalized spacial score (nSPS) is 18.3. The fourth-order valence-electron chi connectivity index (χ4n) is 2.16. The molecule has 1 aromatic rings. The first-order valence-electron chi connectivity index (χ1n) is 5.03. The van der Waals surface area contributed by atoms with Gasteiger partial charge in [-0.3, -0.25) is 4.79 Å². The molecule has 15 heavy (non-hydrogen) atoms. The third-order valence-electron chi connectivity index (χ3n) is 2.83.